The van der Waals surface area contributed by atoms with Crippen LogP contribution in [0.1, 0.15) is 80.8 Å². The molecular weight excluding hydrogens is 636 g/mol. The first-order valence-corrected chi connectivity index (χ1v) is 16.4. The van der Waals surface area contributed by atoms with Gasteiger partial charge in [-0.2, -0.15) is 10.2 Å². The molecule has 4 heterocycles. The number of nitrogens with one attached hydrogen (secondary N) is 2. The van der Waals surface area contributed by atoms with Crippen LogP contribution in [-0.4, -0.2) is 62.0 Å². The van der Waals surface area contributed by atoms with Gasteiger partial charge in [-0.15, -0.1) is 0 Å². The first kappa shape index (κ1) is 33.7. The van der Waals surface area contributed by atoms with Gasteiger partial charge in [0.25, 0.3) is 11.8 Å². The van der Waals surface area contributed by atoms with Crippen LogP contribution in [0.5, 0.6) is 0 Å². The van der Waals surface area contributed by atoms with E-state index in [1.54, 1.807) is 45.8 Å². The molecule has 0 aliphatic heterocycles. The van der Waals surface area contributed by atoms with Crippen molar-refractivity contribution in [3.8, 4) is 0 Å². The molecule has 2 amide bonds. The highest BCUT2D eigenvalue weighted by Crippen LogP contribution is 2.26. The second kappa shape index (κ2) is 13.7. The second-order valence-electron chi connectivity index (χ2n) is 11.9. The summed E-state index contributed by atoms with van der Waals surface area (Å²) in [4.78, 5) is 61.2. The summed E-state index contributed by atoms with van der Waals surface area (Å²) >= 11 is 0. The van der Waals surface area contributed by atoms with Gasteiger partial charge in [-0.3, -0.25) is 39.2 Å². The second-order valence-corrected chi connectivity index (χ2v) is 11.9. The molecule has 0 saturated heterocycles. The first-order valence-electron chi connectivity index (χ1n) is 16.4. The summed E-state index contributed by atoms with van der Waals surface area (Å²) in [7, 11) is 0. The van der Waals surface area contributed by atoms with E-state index in [4.69, 9.17) is 9.97 Å². The van der Waals surface area contributed by atoms with Gasteiger partial charge in [-0.05, 0) is 77.9 Å². The van der Waals surface area contributed by atoms with Crippen LogP contribution in [0.15, 0.2) is 60.7 Å². The quantitative estimate of drug-likeness (QED) is 0.125. The molecule has 50 heavy (non-hydrogen) atoms. The predicted octanol–water partition coefficient (Wildman–Crippen LogP) is 5.60. The standard InChI is InChI=1S/C36H38N10O4/c1-7-45-29(19-21(3)41-45)33(49)39-35-37-31-25(23(5)47)13-11-15-27(31)43(35)17-9-10-18-44-28-16-12-14-26(24(6)48)32(28)38-36(44)40-34(50)30-20-22(4)42-46(30)8-2/h9-16,19-20H,7-8,17-18H2,1-6H3,(H,37,39,49)(H,38,40,50)/b10-9+. The SMILES string of the molecule is CCn1nc(C)cc1C(=O)Nc1nc2c(C(C)=O)cccc2n1C/C=C/Cn1c(NC(=O)c2cc(C)nn2CC)nc2c(C(C)=O)cccc21. The number of para-hydroxylation sites is 2. The minimum absolute atomic E-state index is 0.142. The Labute approximate surface area is 287 Å². The van der Waals surface area contributed by atoms with E-state index >= 15 is 0 Å². The number of aromatic nitrogens is 8. The van der Waals surface area contributed by atoms with Crippen molar-refractivity contribution in [2.24, 2.45) is 0 Å². The Balaban J connectivity index is 1.34. The maximum absolute atomic E-state index is 13.4. The number of ketones is 2. The van der Waals surface area contributed by atoms with Gasteiger partial charge in [-0.25, -0.2) is 9.97 Å². The van der Waals surface area contributed by atoms with Gasteiger partial charge in [0.05, 0.1) is 22.4 Å². The van der Waals surface area contributed by atoms with E-state index in [-0.39, 0.29) is 35.3 Å². The molecular formula is C36H38N10O4. The molecule has 14 heteroatoms. The predicted molar refractivity (Wildman–Crippen MR) is 190 cm³/mol. The van der Waals surface area contributed by atoms with E-state index in [1.165, 1.54) is 13.8 Å². The average molecular weight is 675 g/mol. The van der Waals surface area contributed by atoms with Crippen LogP contribution >= 0.6 is 0 Å². The molecule has 0 aliphatic carbocycles. The lowest BCUT2D eigenvalue weighted by atomic mass is 10.1. The van der Waals surface area contributed by atoms with Crippen molar-refractivity contribution in [3.05, 3.63) is 94.6 Å². The molecule has 0 spiro atoms. The van der Waals surface area contributed by atoms with Crippen molar-refractivity contribution in [3.63, 3.8) is 0 Å². The molecule has 0 bridgehead atoms. The van der Waals surface area contributed by atoms with Crippen LogP contribution in [0.2, 0.25) is 0 Å². The fourth-order valence-corrected chi connectivity index (χ4v) is 6.05. The number of allylic oxidation sites excluding steroid dienone is 2. The summed E-state index contributed by atoms with van der Waals surface area (Å²) in [5.41, 5.74) is 5.43. The number of imidazole rings is 2. The van der Waals surface area contributed by atoms with Gasteiger partial charge < -0.3 is 9.13 Å². The molecule has 0 aliphatic rings. The number of aryl methyl sites for hydroxylation is 4. The Morgan fingerprint density at radius 2 is 1.06 bits per heavy atom. The first-order chi connectivity index (χ1) is 24.0. The van der Waals surface area contributed by atoms with Crippen molar-refractivity contribution < 1.29 is 19.2 Å². The monoisotopic (exact) mass is 674 g/mol. The highest BCUT2D eigenvalue weighted by atomic mass is 16.2. The van der Waals surface area contributed by atoms with E-state index in [9.17, 15) is 19.2 Å². The molecule has 0 radical (unpaired) electrons. The van der Waals surface area contributed by atoms with Crippen LogP contribution in [0.25, 0.3) is 22.1 Å². The van der Waals surface area contributed by atoms with Crippen LogP contribution in [0.3, 0.4) is 0 Å². The Kier molecular flexibility index (Phi) is 9.27. The summed E-state index contributed by atoms with van der Waals surface area (Å²) in [6.07, 6.45) is 3.80. The molecule has 0 saturated carbocycles. The number of benzene rings is 2. The van der Waals surface area contributed by atoms with Gasteiger partial charge in [0.1, 0.15) is 22.4 Å². The molecule has 0 fully saturated rings. The number of anilines is 2. The Morgan fingerprint density at radius 1 is 0.660 bits per heavy atom. The van der Waals surface area contributed by atoms with Gasteiger partial charge in [0, 0.05) is 37.3 Å². The summed E-state index contributed by atoms with van der Waals surface area (Å²) < 4.78 is 6.90. The van der Waals surface area contributed by atoms with E-state index < -0.39 is 0 Å². The summed E-state index contributed by atoms with van der Waals surface area (Å²) in [6.45, 7) is 12.1. The molecule has 0 unspecified atom stereocenters. The molecule has 2 N–H and O–H groups in total. The number of nitrogens with zero attached hydrogens (tertiary/aromatic N) is 8. The van der Waals surface area contributed by atoms with Crippen LogP contribution < -0.4 is 10.6 Å². The molecule has 6 rings (SSSR count). The minimum Gasteiger partial charge on any atom is -0.306 e. The average Bonchev–Trinajstić information content (AvgIpc) is 3.85. The zero-order chi connectivity index (χ0) is 35.7. The van der Waals surface area contributed by atoms with E-state index in [0.717, 1.165) is 11.4 Å². The summed E-state index contributed by atoms with van der Waals surface area (Å²) in [5, 5.41) is 14.6. The third-order valence-electron chi connectivity index (χ3n) is 8.38. The largest absolute Gasteiger partial charge is 0.306 e. The number of amides is 2. The number of hydrogen-bond donors (Lipinski definition) is 2. The van der Waals surface area contributed by atoms with Gasteiger partial charge in [0.15, 0.2) is 11.6 Å². The third-order valence-corrected chi connectivity index (χ3v) is 8.38. The number of hydrogen-bond acceptors (Lipinski definition) is 8. The van der Waals surface area contributed by atoms with Gasteiger partial charge in [0.2, 0.25) is 11.9 Å². The Hall–Kier alpha value is -6.18. The molecule has 4 aromatic heterocycles. The summed E-state index contributed by atoms with van der Waals surface area (Å²) in [5.74, 6) is -0.472. The Morgan fingerprint density at radius 3 is 1.42 bits per heavy atom. The Bertz CT molecular complexity index is 2170. The maximum Gasteiger partial charge on any atom is 0.276 e. The van der Waals surface area contributed by atoms with Crippen molar-refractivity contribution >= 4 is 57.3 Å². The molecule has 0 atom stereocenters. The van der Waals surface area contributed by atoms with Crippen molar-refractivity contribution in [2.45, 2.75) is 67.7 Å². The lowest BCUT2D eigenvalue weighted by Crippen LogP contribution is -2.20. The smallest absolute Gasteiger partial charge is 0.276 e. The van der Waals surface area contributed by atoms with Crippen LogP contribution in [-0.2, 0) is 26.2 Å². The fourth-order valence-electron chi connectivity index (χ4n) is 6.05. The molecule has 14 nitrogen and oxygen atoms in total. The maximum atomic E-state index is 13.4. The van der Waals surface area contributed by atoms with E-state index in [0.29, 0.717) is 70.8 Å². The highest BCUT2D eigenvalue weighted by molar-refractivity contribution is 6.08. The highest BCUT2D eigenvalue weighted by Gasteiger charge is 2.22. The topological polar surface area (TPSA) is 164 Å². The lowest BCUT2D eigenvalue weighted by molar-refractivity contribution is 0.100. The van der Waals surface area contributed by atoms with Crippen LogP contribution in [0.4, 0.5) is 11.9 Å². The lowest BCUT2D eigenvalue weighted by Gasteiger charge is -2.10. The van der Waals surface area contributed by atoms with Crippen LogP contribution in [0, 0.1) is 13.8 Å². The molecule has 2 aromatic carbocycles. The zero-order valence-electron chi connectivity index (χ0n) is 28.8. The molecule has 256 valence electrons. The third kappa shape index (κ3) is 6.34. The zero-order valence-corrected chi connectivity index (χ0v) is 28.8. The van der Waals surface area contributed by atoms with E-state index in [1.807, 2.05) is 61.1 Å². The number of rotatable bonds is 12. The van der Waals surface area contributed by atoms with Gasteiger partial charge >= 0.3 is 0 Å². The number of Topliss-reactive ketones (excluding diaryl/α,β-unsaturated/α-hetero) is 2. The van der Waals surface area contributed by atoms with Crippen molar-refractivity contribution in [1.82, 2.24) is 38.7 Å². The normalized spacial score (nSPS) is 11.6. The van der Waals surface area contributed by atoms with Gasteiger partial charge in [-0.1, -0.05) is 24.3 Å². The number of carbonyl (C=O) groups excluding carboxylic acids is 4. The minimum atomic E-state index is -0.372. The molecule has 6 aromatic rings. The number of carbonyl (C=O) groups is 4. The summed E-state index contributed by atoms with van der Waals surface area (Å²) in [6, 6.07) is 14.1. The number of fused-ring (bicyclic) bond motifs is 2. The fraction of sp³-hybridized carbons (Fsp3) is 0.278. The van der Waals surface area contributed by atoms with E-state index in [2.05, 4.69) is 20.8 Å². The van der Waals surface area contributed by atoms with Crippen molar-refractivity contribution in [2.75, 3.05) is 10.6 Å². The van der Waals surface area contributed by atoms with Crippen molar-refractivity contribution in [1.29, 1.82) is 0 Å².